The number of amides is 3. The zero-order valence-electron chi connectivity index (χ0n) is 20.2. The van der Waals surface area contributed by atoms with Crippen molar-refractivity contribution in [2.45, 2.75) is 76.4 Å². The molecule has 0 aliphatic heterocycles. The van der Waals surface area contributed by atoms with Crippen molar-refractivity contribution in [2.75, 3.05) is 13.2 Å². The molecule has 3 amide bonds. The summed E-state index contributed by atoms with van der Waals surface area (Å²) in [5.74, 6) is -4.60. The number of carbonyl (C=O) groups excluding carboxylic acids is 2. The number of alkyl halides is 1. The molecule has 16 heteroatoms. The van der Waals surface area contributed by atoms with Gasteiger partial charge in [-0.1, -0.05) is 5.21 Å². The molecule has 0 saturated carbocycles. The summed E-state index contributed by atoms with van der Waals surface area (Å²) in [5, 5.41) is 49.2. The molecule has 2 atom stereocenters. The lowest BCUT2D eigenvalue weighted by molar-refractivity contribution is -0.158. The third-order valence-electron chi connectivity index (χ3n) is 5.20. The number of hydrogen-bond donors (Lipinski definition) is 6. The Morgan fingerprint density at radius 3 is 2.35 bits per heavy atom. The van der Waals surface area contributed by atoms with Gasteiger partial charge in [0.15, 0.2) is 6.04 Å². The highest BCUT2D eigenvalue weighted by Crippen LogP contribution is 2.08. The number of hydrogen-bond acceptors (Lipinski definition) is 8. The Bertz CT molecular complexity index is 913. The first-order valence-electron chi connectivity index (χ1n) is 11.7. The first-order chi connectivity index (χ1) is 17.5. The molecule has 208 valence electrons. The van der Waals surface area contributed by atoms with Crippen molar-refractivity contribution >= 4 is 29.8 Å². The van der Waals surface area contributed by atoms with Gasteiger partial charge in [-0.15, -0.1) is 5.10 Å². The van der Waals surface area contributed by atoms with Gasteiger partial charge in [-0.25, -0.2) is 14.4 Å². The molecular weight excluding hydrogens is 499 g/mol. The van der Waals surface area contributed by atoms with E-state index in [1.165, 1.54) is 0 Å². The number of rotatable bonds is 19. The summed E-state index contributed by atoms with van der Waals surface area (Å²) in [6, 6.07) is -4.70. The molecule has 0 unspecified atom stereocenters. The molecule has 0 bridgehead atoms. The number of aryl methyl sites for hydroxylation is 2. The average Bonchev–Trinajstić information content (AvgIpc) is 3.28. The van der Waals surface area contributed by atoms with Gasteiger partial charge in [-0.05, 0) is 44.9 Å². The van der Waals surface area contributed by atoms with Gasteiger partial charge in [0.05, 0.1) is 12.4 Å². The Balaban J connectivity index is 2.33. The molecule has 1 heterocycles. The average molecular weight is 533 g/mol. The van der Waals surface area contributed by atoms with E-state index < -0.39 is 55.5 Å². The van der Waals surface area contributed by atoms with Gasteiger partial charge in [-0.2, -0.15) is 5.06 Å². The number of hydroxylamine groups is 2. The molecule has 0 saturated heterocycles. The van der Waals surface area contributed by atoms with Crippen LogP contribution in [0.4, 0.5) is 9.18 Å². The number of unbranched alkanes of at least 4 members (excludes halogenated alkanes) is 1. The van der Waals surface area contributed by atoms with Gasteiger partial charge in [0.25, 0.3) is 0 Å². The van der Waals surface area contributed by atoms with Crippen LogP contribution in [-0.4, -0.2) is 95.7 Å². The second-order valence-corrected chi connectivity index (χ2v) is 8.19. The maximum atomic E-state index is 12.2. The molecule has 0 aromatic carbocycles. The summed E-state index contributed by atoms with van der Waals surface area (Å²) in [5.41, 5.74) is 0.685. The minimum absolute atomic E-state index is 0.0608. The largest absolute Gasteiger partial charge is 0.481 e. The van der Waals surface area contributed by atoms with Crippen molar-refractivity contribution in [3.63, 3.8) is 0 Å². The van der Waals surface area contributed by atoms with E-state index in [9.17, 15) is 38.7 Å². The number of carboxylic acids is 3. The minimum Gasteiger partial charge on any atom is -0.481 e. The molecule has 15 nitrogen and oxygen atoms in total. The highest BCUT2D eigenvalue weighted by Gasteiger charge is 2.31. The standard InChI is InChI=1S/C21H33FN6O9/c22-10-3-5-14-13-27(26-25-14)12-4-7-17(29)23-11-2-1-6-15(19(32)33)24-21(36)28(37)16(20(34)35)8-9-18(30)31/h13,15-16,37H,1-12H2,(H,23,29)(H,24,36)(H,30,31)(H,32,33)(H,34,35)/t15-,16-/m0/s1. The van der Waals surface area contributed by atoms with Crippen LogP contribution in [0.15, 0.2) is 6.20 Å². The van der Waals surface area contributed by atoms with Crippen LogP contribution in [0.1, 0.15) is 57.1 Å². The molecule has 1 rings (SSSR count). The van der Waals surface area contributed by atoms with Gasteiger partial charge in [-0.3, -0.25) is 23.9 Å². The predicted octanol–water partition coefficient (Wildman–Crippen LogP) is 0.419. The first-order valence-corrected chi connectivity index (χ1v) is 11.7. The summed E-state index contributed by atoms with van der Waals surface area (Å²) in [6.07, 6.45) is 2.73. The van der Waals surface area contributed by atoms with E-state index in [1.54, 1.807) is 10.9 Å². The number of nitrogens with one attached hydrogen (secondary N) is 2. The quantitative estimate of drug-likeness (QED) is 0.0813. The molecule has 37 heavy (non-hydrogen) atoms. The van der Waals surface area contributed by atoms with Crippen molar-refractivity contribution in [1.82, 2.24) is 30.7 Å². The van der Waals surface area contributed by atoms with E-state index in [0.29, 0.717) is 37.9 Å². The maximum absolute atomic E-state index is 12.2. The lowest BCUT2D eigenvalue weighted by Gasteiger charge is -2.24. The fourth-order valence-electron chi connectivity index (χ4n) is 3.23. The monoisotopic (exact) mass is 532 g/mol. The van der Waals surface area contributed by atoms with Crippen LogP contribution < -0.4 is 10.6 Å². The third-order valence-corrected chi connectivity index (χ3v) is 5.20. The molecule has 0 aliphatic rings. The molecular formula is C21H33FN6O9. The van der Waals surface area contributed by atoms with Gasteiger partial charge in [0.2, 0.25) is 5.91 Å². The lowest BCUT2D eigenvalue weighted by atomic mass is 10.1. The number of urea groups is 1. The highest BCUT2D eigenvalue weighted by molar-refractivity contribution is 5.85. The molecule has 6 N–H and O–H groups in total. The molecule has 0 aliphatic carbocycles. The van der Waals surface area contributed by atoms with Crippen molar-refractivity contribution in [2.24, 2.45) is 0 Å². The van der Waals surface area contributed by atoms with E-state index in [0.717, 1.165) is 0 Å². The van der Waals surface area contributed by atoms with Crippen LogP contribution in [0, 0.1) is 0 Å². The van der Waals surface area contributed by atoms with Crippen LogP contribution in [0.2, 0.25) is 0 Å². The van der Waals surface area contributed by atoms with E-state index in [1.807, 2.05) is 5.32 Å². The van der Waals surface area contributed by atoms with Gasteiger partial charge in [0, 0.05) is 32.1 Å². The first kappa shape index (κ1) is 31.2. The number of aromatic nitrogens is 3. The second kappa shape index (κ2) is 16.8. The van der Waals surface area contributed by atoms with Crippen molar-refractivity contribution in [3.8, 4) is 0 Å². The third kappa shape index (κ3) is 12.6. The lowest BCUT2D eigenvalue weighted by Crippen LogP contribution is -2.52. The fraction of sp³-hybridized carbons (Fsp3) is 0.667. The topological polar surface area (TPSA) is 224 Å². The predicted molar refractivity (Wildman–Crippen MR) is 122 cm³/mol. The molecule has 1 aromatic heterocycles. The van der Waals surface area contributed by atoms with Crippen LogP contribution in [-0.2, 0) is 32.1 Å². The molecule has 0 fully saturated rings. The van der Waals surface area contributed by atoms with E-state index in [-0.39, 0.29) is 36.8 Å². The molecule has 0 radical (unpaired) electrons. The van der Waals surface area contributed by atoms with Crippen LogP contribution in [0.25, 0.3) is 0 Å². The number of halogens is 1. The van der Waals surface area contributed by atoms with E-state index >= 15 is 0 Å². The van der Waals surface area contributed by atoms with E-state index in [4.69, 9.17) is 10.2 Å². The Morgan fingerprint density at radius 2 is 1.73 bits per heavy atom. The van der Waals surface area contributed by atoms with Crippen molar-refractivity contribution in [1.29, 1.82) is 0 Å². The minimum atomic E-state index is -1.87. The molecule has 1 aromatic rings. The number of carboxylic acid groups (broad SMARTS) is 3. The zero-order chi connectivity index (χ0) is 27.8. The van der Waals surface area contributed by atoms with E-state index in [2.05, 4.69) is 15.6 Å². The van der Waals surface area contributed by atoms with Crippen LogP contribution in [0.3, 0.4) is 0 Å². The number of carbonyl (C=O) groups is 5. The zero-order valence-corrected chi connectivity index (χ0v) is 20.2. The summed E-state index contributed by atoms with van der Waals surface area (Å²) in [7, 11) is 0. The summed E-state index contributed by atoms with van der Waals surface area (Å²) in [4.78, 5) is 57.3. The highest BCUT2D eigenvalue weighted by atomic mass is 19.1. The second-order valence-electron chi connectivity index (χ2n) is 8.19. The number of aliphatic carboxylic acids is 3. The molecule has 0 spiro atoms. The van der Waals surface area contributed by atoms with Gasteiger partial charge >= 0.3 is 23.9 Å². The van der Waals surface area contributed by atoms with Gasteiger partial charge < -0.3 is 26.0 Å². The Kier molecular flexibility index (Phi) is 14.2. The van der Waals surface area contributed by atoms with Crippen molar-refractivity contribution in [3.05, 3.63) is 11.9 Å². The Labute approximate surface area is 211 Å². The Hall–Kier alpha value is -3.82. The fourth-order valence-corrected chi connectivity index (χ4v) is 3.23. The number of nitrogens with zero attached hydrogens (tertiary/aromatic N) is 4. The van der Waals surface area contributed by atoms with Gasteiger partial charge in [0.1, 0.15) is 6.04 Å². The Morgan fingerprint density at radius 1 is 1.00 bits per heavy atom. The summed E-state index contributed by atoms with van der Waals surface area (Å²) >= 11 is 0. The summed E-state index contributed by atoms with van der Waals surface area (Å²) < 4.78 is 13.8. The van der Waals surface area contributed by atoms with Crippen LogP contribution >= 0.6 is 0 Å². The van der Waals surface area contributed by atoms with Crippen LogP contribution in [0.5, 0.6) is 0 Å². The summed E-state index contributed by atoms with van der Waals surface area (Å²) in [6.45, 7) is 0.304. The SMILES string of the molecule is O=C(O)CC[C@@H](C(=O)O)N(O)C(=O)N[C@@H](CCCCNC(=O)CCCn1cc(CCCF)nn1)C(=O)O. The normalized spacial score (nSPS) is 12.4. The van der Waals surface area contributed by atoms with Crippen molar-refractivity contribution < 1.29 is 48.9 Å². The smallest absolute Gasteiger partial charge is 0.342 e. The maximum Gasteiger partial charge on any atom is 0.342 e.